The highest BCUT2D eigenvalue weighted by Gasteiger charge is 2.57. The van der Waals surface area contributed by atoms with E-state index in [1.165, 1.54) is 5.56 Å². The van der Waals surface area contributed by atoms with Gasteiger partial charge in [0.15, 0.2) is 0 Å². The van der Waals surface area contributed by atoms with Crippen molar-refractivity contribution in [2.75, 3.05) is 0 Å². The molecule has 110 valence electrons. The molecule has 2 nitrogen and oxygen atoms in total. The minimum absolute atomic E-state index is 0.0149. The monoisotopic (exact) mass is 274 g/mol. The Bertz CT molecular complexity index is 468. The third-order valence-corrected chi connectivity index (χ3v) is 5.25. The van der Waals surface area contributed by atoms with Crippen molar-refractivity contribution in [3.8, 4) is 0 Å². The van der Waals surface area contributed by atoms with Crippen LogP contribution in [0.3, 0.4) is 0 Å². The fourth-order valence-corrected chi connectivity index (χ4v) is 4.39. The average molecular weight is 274 g/mol. The molecule has 0 N–H and O–H groups in total. The van der Waals surface area contributed by atoms with Crippen LogP contribution in [-0.2, 0) is 16.1 Å². The molecule has 0 spiro atoms. The second-order valence-corrected chi connectivity index (χ2v) is 7.33. The lowest BCUT2D eigenvalue weighted by Gasteiger charge is -2.60. The Labute approximate surface area is 122 Å². The normalized spacial score (nSPS) is 38.9. The largest absolute Gasteiger partial charge is 0.371 e. The van der Waals surface area contributed by atoms with Gasteiger partial charge in [0.05, 0.1) is 23.9 Å². The van der Waals surface area contributed by atoms with Crippen molar-refractivity contribution in [2.24, 2.45) is 11.8 Å². The van der Waals surface area contributed by atoms with Crippen LogP contribution in [0.4, 0.5) is 0 Å². The minimum Gasteiger partial charge on any atom is -0.371 e. The van der Waals surface area contributed by atoms with E-state index in [0.29, 0.717) is 12.5 Å². The van der Waals surface area contributed by atoms with Crippen LogP contribution in [0, 0.1) is 11.8 Å². The highest BCUT2D eigenvalue weighted by molar-refractivity contribution is 5.14. The topological polar surface area (TPSA) is 18.5 Å². The van der Waals surface area contributed by atoms with Crippen molar-refractivity contribution in [1.29, 1.82) is 0 Å². The standard InChI is InChI=1S/C18H26O2/c1-13-11-18(4)16(10-15(13)17(2,3)20-18)19-12-14-8-6-5-7-9-14/h5-9,13,15-16H,10-12H2,1-4H3. The molecule has 1 saturated carbocycles. The van der Waals surface area contributed by atoms with E-state index in [0.717, 1.165) is 18.8 Å². The van der Waals surface area contributed by atoms with Crippen LogP contribution in [0.1, 0.15) is 46.1 Å². The highest BCUT2D eigenvalue weighted by Crippen LogP contribution is 2.53. The zero-order chi connectivity index (χ0) is 14.4. The Balaban J connectivity index is 1.70. The summed E-state index contributed by atoms with van der Waals surface area (Å²) >= 11 is 0. The maximum Gasteiger partial charge on any atom is 0.0925 e. The van der Waals surface area contributed by atoms with Gasteiger partial charge in [-0.15, -0.1) is 0 Å². The summed E-state index contributed by atoms with van der Waals surface area (Å²) in [7, 11) is 0. The molecular weight excluding hydrogens is 248 g/mol. The van der Waals surface area contributed by atoms with Crippen LogP contribution < -0.4 is 0 Å². The third-order valence-electron chi connectivity index (χ3n) is 5.25. The SMILES string of the molecule is CC1CC2(C)OC(C)(C)C1CC2OCc1ccccc1. The molecule has 1 aliphatic carbocycles. The summed E-state index contributed by atoms with van der Waals surface area (Å²) in [5.74, 6) is 1.32. The number of fused-ring (bicyclic) bond motifs is 3. The molecule has 4 rings (SSSR count). The molecule has 2 heterocycles. The number of benzene rings is 1. The van der Waals surface area contributed by atoms with E-state index >= 15 is 0 Å². The number of rotatable bonds is 3. The fourth-order valence-electron chi connectivity index (χ4n) is 4.39. The molecule has 1 aromatic carbocycles. The summed E-state index contributed by atoms with van der Waals surface area (Å²) < 4.78 is 12.6. The molecule has 0 aromatic heterocycles. The van der Waals surface area contributed by atoms with Gasteiger partial charge in [-0.3, -0.25) is 0 Å². The average Bonchev–Trinajstić information content (AvgIpc) is 2.36. The molecule has 0 amide bonds. The van der Waals surface area contributed by atoms with Crippen LogP contribution >= 0.6 is 0 Å². The molecule has 2 heteroatoms. The summed E-state index contributed by atoms with van der Waals surface area (Å²) in [6.45, 7) is 9.75. The molecular formula is C18H26O2. The zero-order valence-electron chi connectivity index (χ0n) is 13.1. The second-order valence-electron chi connectivity index (χ2n) is 7.33. The molecule has 2 aliphatic heterocycles. The number of ether oxygens (including phenoxy) is 2. The molecule has 0 radical (unpaired) electrons. The van der Waals surface area contributed by atoms with Gasteiger partial charge in [-0.25, -0.2) is 0 Å². The maximum atomic E-state index is 6.41. The Morgan fingerprint density at radius 3 is 2.50 bits per heavy atom. The van der Waals surface area contributed by atoms with Crippen LogP contribution in [0.5, 0.6) is 0 Å². The van der Waals surface area contributed by atoms with Crippen molar-refractivity contribution >= 4 is 0 Å². The van der Waals surface area contributed by atoms with Gasteiger partial charge >= 0.3 is 0 Å². The Morgan fingerprint density at radius 2 is 1.90 bits per heavy atom. The molecule has 3 fully saturated rings. The predicted molar refractivity (Wildman–Crippen MR) is 80.5 cm³/mol. The van der Waals surface area contributed by atoms with Crippen LogP contribution in [0.25, 0.3) is 0 Å². The van der Waals surface area contributed by atoms with Crippen LogP contribution in [-0.4, -0.2) is 17.3 Å². The zero-order valence-corrected chi connectivity index (χ0v) is 13.1. The second kappa shape index (κ2) is 4.85. The van der Waals surface area contributed by atoms with Gasteiger partial charge in [-0.2, -0.15) is 0 Å². The van der Waals surface area contributed by atoms with Gasteiger partial charge in [0.1, 0.15) is 0 Å². The van der Waals surface area contributed by atoms with Crippen LogP contribution in [0.15, 0.2) is 30.3 Å². The summed E-state index contributed by atoms with van der Waals surface area (Å²) in [6.07, 6.45) is 2.45. The lowest BCUT2D eigenvalue weighted by molar-refractivity contribution is -0.299. The minimum atomic E-state index is -0.132. The lowest BCUT2D eigenvalue weighted by atomic mass is 9.62. The Hall–Kier alpha value is -0.860. The molecule has 4 unspecified atom stereocenters. The van der Waals surface area contributed by atoms with Gasteiger partial charge in [-0.1, -0.05) is 37.3 Å². The molecule has 1 aromatic rings. The Kier molecular flexibility index (Phi) is 3.42. The van der Waals surface area contributed by atoms with Crippen LogP contribution in [0.2, 0.25) is 0 Å². The Morgan fingerprint density at radius 1 is 1.20 bits per heavy atom. The van der Waals surface area contributed by atoms with Gasteiger partial charge in [0.25, 0.3) is 0 Å². The molecule has 20 heavy (non-hydrogen) atoms. The first kappa shape index (κ1) is 14.1. The molecule has 3 aliphatic rings. The first-order valence-corrected chi connectivity index (χ1v) is 7.76. The highest BCUT2D eigenvalue weighted by atomic mass is 16.6. The maximum absolute atomic E-state index is 6.41. The molecule has 2 saturated heterocycles. The predicted octanol–water partition coefficient (Wildman–Crippen LogP) is 4.19. The van der Waals surface area contributed by atoms with Crippen molar-refractivity contribution in [2.45, 2.75) is 64.4 Å². The van der Waals surface area contributed by atoms with E-state index < -0.39 is 0 Å². The van der Waals surface area contributed by atoms with Gasteiger partial charge < -0.3 is 9.47 Å². The van der Waals surface area contributed by atoms with Crippen molar-refractivity contribution in [3.05, 3.63) is 35.9 Å². The molecule has 4 atom stereocenters. The smallest absolute Gasteiger partial charge is 0.0925 e. The summed E-state index contributed by atoms with van der Waals surface area (Å²) in [5, 5.41) is 0. The first-order chi connectivity index (χ1) is 9.41. The van der Waals surface area contributed by atoms with E-state index in [1.54, 1.807) is 0 Å². The van der Waals surface area contributed by atoms with E-state index in [9.17, 15) is 0 Å². The summed E-state index contributed by atoms with van der Waals surface area (Å²) in [5.41, 5.74) is 1.09. The van der Waals surface area contributed by atoms with Crippen molar-refractivity contribution in [3.63, 3.8) is 0 Å². The van der Waals surface area contributed by atoms with E-state index in [1.807, 2.05) is 6.07 Å². The summed E-state index contributed by atoms with van der Waals surface area (Å²) in [4.78, 5) is 0. The van der Waals surface area contributed by atoms with Crippen molar-refractivity contribution in [1.82, 2.24) is 0 Å². The third kappa shape index (κ3) is 2.40. The van der Waals surface area contributed by atoms with Crippen molar-refractivity contribution < 1.29 is 9.47 Å². The number of hydrogen-bond donors (Lipinski definition) is 0. The first-order valence-electron chi connectivity index (χ1n) is 7.76. The lowest BCUT2D eigenvalue weighted by Crippen LogP contribution is -2.64. The number of hydrogen-bond acceptors (Lipinski definition) is 2. The quantitative estimate of drug-likeness (QED) is 0.823. The molecule has 2 bridgehead atoms. The van der Waals surface area contributed by atoms with E-state index in [-0.39, 0.29) is 17.3 Å². The van der Waals surface area contributed by atoms with Gasteiger partial charge in [0, 0.05) is 0 Å². The van der Waals surface area contributed by atoms with Gasteiger partial charge in [-0.05, 0) is 51.0 Å². The fraction of sp³-hybridized carbons (Fsp3) is 0.667. The van der Waals surface area contributed by atoms with E-state index in [4.69, 9.17) is 9.47 Å². The van der Waals surface area contributed by atoms with E-state index in [2.05, 4.69) is 52.0 Å². The van der Waals surface area contributed by atoms with Gasteiger partial charge in [0.2, 0.25) is 0 Å². The summed E-state index contributed by atoms with van der Waals surface area (Å²) in [6, 6.07) is 10.4.